The molecule has 2 aromatic carbocycles. The van der Waals surface area contributed by atoms with Crippen LogP contribution in [0.25, 0.3) is 11.0 Å². The lowest BCUT2D eigenvalue weighted by Crippen LogP contribution is -2.00. The smallest absolute Gasteiger partial charge is 0.134 e. The fraction of sp³-hybridized carbons (Fsp3) is 0.158. The van der Waals surface area contributed by atoms with E-state index in [9.17, 15) is 0 Å². The molecular formula is C19H17NO2. The Hall–Kier alpha value is -2.86. The third kappa shape index (κ3) is 2.77. The van der Waals surface area contributed by atoms with Gasteiger partial charge >= 0.3 is 0 Å². The van der Waals surface area contributed by atoms with Gasteiger partial charge in [-0.3, -0.25) is 0 Å². The number of fused-ring (bicyclic) bond motifs is 1. The molecule has 0 radical (unpaired) electrons. The number of rotatable bonds is 3. The van der Waals surface area contributed by atoms with Gasteiger partial charge in [0.1, 0.15) is 23.0 Å². The zero-order valence-electron chi connectivity index (χ0n) is 12.6. The predicted molar refractivity (Wildman–Crippen MR) is 87.9 cm³/mol. The van der Waals surface area contributed by atoms with Gasteiger partial charge in [-0.2, -0.15) is 0 Å². The number of benzene rings is 2. The summed E-state index contributed by atoms with van der Waals surface area (Å²) in [6.07, 6.45) is 0. The van der Waals surface area contributed by atoms with E-state index in [1.807, 2.05) is 42.5 Å². The number of furan rings is 1. The van der Waals surface area contributed by atoms with E-state index in [4.69, 9.17) is 9.15 Å². The van der Waals surface area contributed by atoms with Crippen molar-refractivity contribution in [2.75, 3.05) is 14.2 Å². The highest BCUT2D eigenvalue weighted by molar-refractivity contribution is 5.80. The molecule has 0 aliphatic carbocycles. The van der Waals surface area contributed by atoms with Crippen molar-refractivity contribution in [3.8, 4) is 17.7 Å². The van der Waals surface area contributed by atoms with E-state index in [2.05, 4.69) is 29.4 Å². The van der Waals surface area contributed by atoms with E-state index in [-0.39, 0.29) is 5.92 Å². The average molecular weight is 291 g/mol. The first-order valence-electron chi connectivity index (χ1n) is 7.11. The van der Waals surface area contributed by atoms with Crippen LogP contribution >= 0.6 is 0 Å². The summed E-state index contributed by atoms with van der Waals surface area (Å²) in [5, 5.41) is 3.88. The van der Waals surface area contributed by atoms with Gasteiger partial charge in [0.05, 0.1) is 7.11 Å². The second-order valence-corrected chi connectivity index (χ2v) is 4.92. The molecule has 0 bridgehead atoms. The van der Waals surface area contributed by atoms with Crippen LogP contribution in [0.1, 0.15) is 17.2 Å². The van der Waals surface area contributed by atoms with E-state index in [0.717, 1.165) is 28.0 Å². The molecule has 3 nitrogen and oxygen atoms in total. The molecule has 0 aliphatic rings. The molecule has 1 heterocycles. The fourth-order valence-electron chi connectivity index (χ4n) is 2.42. The van der Waals surface area contributed by atoms with Gasteiger partial charge in [0, 0.05) is 18.5 Å². The second kappa shape index (κ2) is 6.28. The van der Waals surface area contributed by atoms with Gasteiger partial charge < -0.3 is 14.5 Å². The molecular weight excluding hydrogens is 274 g/mol. The van der Waals surface area contributed by atoms with Crippen molar-refractivity contribution in [1.82, 2.24) is 5.32 Å². The number of hydrogen-bond acceptors (Lipinski definition) is 3. The topological polar surface area (TPSA) is 34.4 Å². The third-order valence-corrected chi connectivity index (χ3v) is 3.50. The summed E-state index contributed by atoms with van der Waals surface area (Å²) in [7, 11) is 3.46. The van der Waals surface area contributed by atoms with Crippen molar-refractivity contribution in [3.63, 3.8) is 0 Å². The van der Waals surface area contributed by atoms with Crippen molar-refractivity contribution in [2.45, 2.75) is 5.92 Å². The van der Waals surface area contributed by atoms with Crippen LogP contribution in [0, 0.1) is 12.0 Å². The van der Waals surface area contributed by atoms with Crippen molar-refractivity contribution >= 4 is 11.0 Å². The summed E-state index contributed by atoms with van der Waals surface area (Å²) in [5.74, 6) is 4.75. The molecule has 0 spiro atoms. The van der Waals surface area contributed by atoms with Crippen LogP contribution in [0.4, 0.5) is 0 Å². The van der Waals surface area contributed by atoms with Crippen LogP contribution < -0.4 is 10.1 Å². The number of nitrogens with one attached hydrogen (secondary N) is 1. The molecule has 1 atom stereocenters. The minimum Gasteiger partial charge on any atom is -0.497 e. The highest BCUT2D eigenvalue weighted by Gasteiger charge is 2.16. The highest BCUT2D eigenvalue weighted by Crippen LogP contribution is 2.31. The molecule has 3 rings (SSSR count). The molecule has 0 saturated carbocycles. The van der Waals surface area contributed by atoms with Gasteiger partial charge in [0.15, 0.2) is 0 Å². The molecule has 0 amide bonds. The molecule has 110 valence electrons. The summed E-state index contributed by atoms with van der Waals surface area (Å²) < 4.78 is 11.3. The van der Waals surface area contributed by atoms with Crippen molar-refractivity contribution in [3.05, 3.63) is 65.9 Å². The first-order chi connectivity index (χ1) is 10.8. The zero-order valence-corrected chi connectivity index (χ0v) is 12.6. The van der Waals surface area contributed by atoms with E-state index < -0.39 is 0 Å². The minimum atomic E-state index is -0.105. The summed E-state index contributed by atoms with van der Waals surface area (Å²) >= 11 is 0. The Balaban J connectivity index is 2.08. The number of hydrogen-bond donors (Lipinski definition) is 1. The molecule has 22 heavy (non-hydrogen) atoms. The van der Waals surface area contributed by atoms with Gasteiger partial charge in [-0.05, 0) is 29.8 Å². The Morgan fingerprint density at radius 2 is 1.91 bits per heavy atom. The number of ether oxygens (including phenoxy) is 1. The Morgan fingerprint density at radius 1 is 1.09 bits per heavy atom. The van der Waals surface area contributed by atoms with E-state index in [1.165, 1.54) is 0 Å². The minimum absolute atomic E-state index is 0.105. The van der Waals surface area contributed by atoms with Crippen molar-refractivity contribution in [2.24, 2.45) is 0 Å². The maximum Gasteiger partial charge on any atom is 0.134 e. The molecule has 0 saturated heterocycles. The Labute approximate surface area is 129 Å². The predicted octanol–water partition coefficient (Wildman–Crippen LogP) is 3.75. The van der Waals surface area contributed by atoms with Crippen LogP contribution in [0.2, 0.25) is 0 Å². The monoisotopic (exact) mass is 291 g/mol. The standard InChI is InChI=1S/C19H17NO2/c1-20-11-10-17(14-6-4-3-5-7-14)19-13-15-12-16(21-2)8-9-18(15)22-19/h3-9,12-13,17,20H,1-2H3. The van der Waals surface area contributed by atoms with Crippen LogP contribution in [-0.2, 0) is 0 Å². The van der Waals surface area contributed by atoms with Crippen LogP contribution in [0.15, 0.2) is 59.0 Å². The van der Waals surface area contributed by atoms with Gasteiger partial charge in [-0.15, -0.1) is 0 Å². The van der Waals surface area contributed by atoms with Crippen LogP contribution in [0.3, 0.4) is 0 Å². The zero-order chi connectivity index (χ0) is 15.4. The van der Waals surface area contributed by atoms with Gasteiger partial charge in [-0.1, -0.05) is 36.3 Å². The first-order valence-corrected chi connectivity index (χ1v) is 7.11. The van der Waals surface area contributed by atoms with E-state index in [0.29, 0.717) is 0 Å². The molecule has 3 heteroatoms. The Kier molecular flexibility index (Phi) is 4.02. The summed E-state index contributed by atoms with van der Waals surface area (Å²) in [6.45, 7) is 0. The normalized spacial score (nSPS) is 11.5. The molecule has 0 fully saturated rings. The van der Waals surface area contributed by atoms with Crippen molar-refractivity contribution < 1.29 is 9.15 Å². The lowest BCUT2D eigenvalue weighted by Gasteiger charge is -2.07. The van der Waals surface area contributed by atoms with Crippen LogP contribution in [-0.4, -0.2) is 14.2 Å². The lowest BCUT2D eigenvalue weighted by molar-refractivity contribution is 0.415. The molecule has 1 N–H and O–H groups in total. The fourth-order valence-corrected chi connectivity index (χ4v) is 2.42. The maximum absolute atomic E-state index is 6.00. The van der Waals surface area contributed by atoms with Gasteiger partial charge in [0.2, 0.25) is 0 Å². The Bertz CT molecular complexity index is 825. The number of methoxy groups -OCH3 is 1. The van der Waals surface area contributed by atoms with Gasteiger partial charge in [0.25, 0.3) is 0 Å². The van der Waals surface area contributed by atoms with E-state index >= 15 is 0 Å². The maximum atomic E-state index is 6.00. The summed E-state index contributed by atoms with van der Waals surface area (Å²) in [6, 6.07) is 20.9. The summed E-state index contributed by atoms with van der Waals surface area (Å²) in [5.41, 5.74) is 1.94. The van der Waals surface area contributed by atoms with E-state index in [1.54, 1.807) is 14.2 Å². The largest absolute Gasteiger partial charge is 0.497 e. The Morgan fingerprint density at radius 3 is 2.64 bits per heavy atom. The van der Waals surface area contributed by atoms with Gasteiger partial charge in [-0.25, -0.2) is 0 Å². The third-order valence-electron chi connectivity index (χ3n) is 3.50. The molecule has 1 aromatic heterocycles. The SMILES string of the molecule is CNC#CC(c1ccccc1)c1cc2cc(OC)ccc2o1. The highest BCUT2D eigenvalue weighted by atomic mass is 16.5. The second-order valence-electron chi connectivity index (χ2n) is 4.92. The average Bonchev–Trinajstić information content (AvgIpc) is 2.98. The van der Waals surface area contributed by atoms with Crippen molar-refractivity contribution in [1.29, 1.82) is 0 Å². The quantitative estimate of drug-likeness (QED) is 0.589. The molecule has 0 aliphatic heterocycles. The molecule has 1 unspecified atom stereocenters. The van der Waals surface area contributed by atoms with Crippen LogP contribution in [0.5, 0.6) is 5.75 Å². The first kappa shape index (κ1) is 14.1. The lowest BCUT2D eigenvalue weighted by atomic mass is 9.97. The molecule has 3 aromatic rings. The summed E-state index contributed by atoms with van der Waals surface area (Å²) in [4.78, 5) is 0.